The van der Waals surface area contributed by atoms with Gasteiger partial charge in [0.2, 0.25) is 0 Å². The second kappa shape index (κ2) is 8.46. The van der Waals surface area contributed by atoms with Crippen LogP contribution in [0.4, 0.5) is 5.69 Å². The maximum Gasteiger partial charge on any atom is 0.256 e. The Morgan fingerprint density at radius 1 is 1.03 bits per heavy atom. The van der Waals surface area contributed by atoms with Gasteiger partial charge in [-0.15, -0.1) is 0 Å². The summed E-state index contributed by atoms with van der Waals surface area (Å²) in [6, 6.07) is 20.4. The van der Waals surface area contributed by atoms with Crippen molar-refractivity contribution in [1.29, 1.82) is 0 Å². The van der Waals surface area contributed by atoms with Gasteiger partial charge in [0.1, 0.15) is 5.75 Å². The Hall–Kier alpha value is -2.89. The number of nitrogens with one attached hydrogen (secondary N) is 1. The molecule has 0 aliphatic rings. The molecule has 30 heavy (non-hydrogen) atoms. The van der Waals surface area contributed by atoms with Crippen LogP contribution >= 0.6 is 27.5 Å². The van der Waals surface area contributed by atoms with E-state index in [1.807, 2.05) is 49.4 Å². The van der Waals surface area contributed by atoms with Gasteiger partial charge in [-0.2, -0.15) is 0 Å². The number of benzene rings is 3. The Balaban J connectivity index is 1.83. The molecule has 0 radical (unpaired) electrons. The fourth-order valence-corrected chi connectivity index (χ4v) is 3.98. The molecule has 0 aliphatic carbocycles. The van der Waals surface area contributed by atoms with Gasteiger partial charge in [0.05, 0.1) is 23.9 Å². The first-order valence-electron chi connectivity index (χ1n) is 9.27. The molecule has 1 heterocycles. The Morgan fingerprint density at radius 3 is 2.40 bits per heavy atom. The number of hydrogen-bond donors (Lipinski definition) is 1. The Labute approximate surface area is 188 Å². The summed E-state index contributed by atoms with van der Waals surface area (Å²) >= 11 is 9.56. The van der Waals surface area contributed by atoms with Crippen LogP contribution in [0.1, 0.15) is 15.9 Å². The lowest BCUT2D eigenvalue weighted by Crippen LogP contribution is -2.13. The number of fused-ring (bicyclic) bond motifs is 1. The first-order chi connectivity index (χ1) is 14.4. The number of ether oxygens (including phenoxy) is 1. The minimum atomic E-state index is -0.208. The molecule has 0 bridgehead atoms. The molecule has 0 spiro atoms. The second-order valence-electron chi connectivity index (χ2n) is 6.86. The van der Waals surface area contributed by atoms with E-state index in [-0.39, 0.29) is 5.91 Å². The van der Waals surface area contributed by atoms with Crippen LogP contribution in [0.25, 0.3) is 22.2 Å². The minimum absolute atomic E-state index is 0.208. The molecule has 0 unspecified atom stereocenters. The summed E-state index contributed by atoms with van der Waals surface area (Å²) in [5.41, 5.74) is 4.60. The number of carbonyl (C=O) groups is 1. The van der Waals surface area contributed by atoms with Gasteiger partial charge < -0.3 is 10.1 Å². The normalized spacial score (nSPS) is 10.8. The summed E-state index contributed by atoms with van der Waals surface area (Å²) < 4.78 is 6.08. The molecular formula is C24H18BrClN2O2. The van der Waals surface area contributed by atoms with E-state index in [1.54, 1.807) is 31.4 Å². The molecule has 1 amide bonds. The summed E-state index contributed by atoms with van der Waals surface area (Å²) in [6.07, 6.45) is 0. The minimum Gasteiger partial charge on any atom is -0.497 e. The van der Waals surface area contributed by atoms with Crippen molar-refractivity contribution >= 4 is 50.0 Å². The average Bonchev–Trinajstić information content (AvgIpc) is 2.74. The summed E-state index contributed by atoms with van der Waals surface area (Å²) in [5.74, 6) is 0.521. The maximum absolute atomic E-state index is 13.2. The monoisotopic (exact) mass is 480 g/mol. The van der Waals surface area contributed by atoms with Crippen LogP contribution in [-0.4, -0.2) is 18.0 Å². The first kappa shape index (κ1) is 20.4. The molecule has 4 rings (SSSR count). The zero-order valence-electron chi connectivity index (χ0n) is 16.4. The number of anilines is 1. The number of aromatic nitrogens is 1. The Bertz CT molecular complexity index is 1240. The SMILES string of the molecule is COc1ccc(NC(=O)c2cc(-c3ccc(Cl)cc3)nc3c(C)cc(Br)cc23)cc1. The van der Waals surface area contributed by atoms with Gasteiger partial charge in [-0.3, -0.25) is 4.79 Å². The van der Waals surface area contributed by atoms with E-state index in [0.717, 1.165) is 32.3 Å². The summed E-state index contributed by atoms with van der Waals surface area (Å²) in [6.45, 7) is 1.98. The molecule has 1 N–H and O–H groups in total. The van der Waals surface area contributed by atoms with Gasteiger partial charge in [0.15, 0.2) is 0 Å². The molecular weight excluding hydrogens is 464 g/mol. The van der Waals surface area contributed by atoms with E-state index in [1.165, 1.54) is 0 Å². The average molecular weight is 482 g/mol. The van der Waals surface area contributed by atoms with Crippen LogP contribution in [0, 0.1) is 6.92 Å². The first-order valence-corrected chi connectivity index (χ1v) is 10.4. The lowest BCUT2D eigenvalue weighted by Gasteiger charge is -2.13. The summed E-state index contributed by atoms with van der Waals surface area (Å²) in [4.78, 5) is 18.1. The molecule has 4 aromatic rings. The Morgan fingerprint density at radius 2 is 1.73 bits per heavy atom. The topological polar surface area (TPSA) is 51.2 Å². The van der Waals surface area contributed by atoms with Crippen molar-refractivity contribution in [2.75, 3.05) is 12.4 Å². The van der Waals surface area contributed by atoms with Gasteiger partial charge in [0.25, 0.3) is 5.91 Å². The molecule has 1 aromatic heterocycles. The Kier molecular flexibility index (Phi) is 5.75. The molecule has 150 valence electrons. The van der Waals surface area contributed by atoms with Gasteiger partial charge in [-0.25, -0.2) is 4.98 Å². The molecule has 6 heteroatoms. The van der Waals surface area contributed by atoms with E-state index in [4.69, 9.17) is 21.3 Å². The highest BCUT2D eigenvalue weighted by Crippen LogP contribution is 2.30. The molecule has 0 aliphatic heterocycles. The third-order valence-corrected chi connectivity index (χ3v) is 5.51. The molecule has 0 saturated heterocycles. The fourth-order valence-electron chi connectivity index (χ4n) is 3.29. The molecule has 0 atom stereocenters. The lowest BCUT2D eigenvalue weighted by atomic mass is 10.0. The largest absolute Gasteiger partial charge is 0.497 e. The predicted molar refractivity (Wildman–Crippen MR) is 126 cm³/mol. The van der Waals surface area contributed by atoms with Crippen molar-refractivity contribution < 1.29 is 9.53 Å². The highest BCUT2D eigenvalue weighted by Gasteiger charge is 2.16. The van der Waals surface area contributed by atoms with E-state index in [2.05, 4.69) is 21.2 Å². The van der Waals surface area contributed by atoms with E-state index >= 15 is 0 Å². The highest BCUT2D eigenvalue weighted by atomic mass is 79.9. The van der Waals surface area contributed by atoms with Crippen LogP contribution in [0.5, 0.6) is 5.75 Å². The molecule has 3 aromatic carbocycles. The van der Waals surface area contributed by atoms with E-state index in [9.17, 15) is 4.79 Å². The summed E-state index contributed by atoms with van der Waals surface area (Å²) in [5, 5.41) is 4.40. The number of carbonyl (C=O) groups excluding carboxylic acids is 1. The van der Waals surface area contributed by atoms with E-state index in [0.29, 0.717) is 22.0 Å². The van der Waals surface area contributed by atoms with Crippen molar-refractivity contribution in [3.8, 4) is 17.0 Å². The van der Waals surface area contributed by atoms with E-state index < -0.39 is 0 Å². The predicted octanol–water partition coefficient (Wildman–Crippen LogP) is 6.89. The number of nitrogens with zero attached hydrogens (tertiary/aromatic N) is 1. The van der Waals surface area contributed by atoms with Crippen molar-refractivity contribution in [2.45, 2.75) is 6.92 Å². The summed E-state index contributed by atoms with van der Waals surface area (Å²) in [7, 11) is 1.61. The van der Waals surface area contributed by atoms with Gasteiger partial charge in [0, 0.05) is 26.1 Å². The zero-order valence-corrected chi connectivity index (χ0v) is 18.7. The lowest BCUT2D eigenvalue weighted by molar-refractivity contribution is 0.102. The highest BCUT2D eigenvalue weighted by molar-refractivity contribution is 9.10. The van der Waals surface area contributed by atoms with Crippen molar-refractivity contribution in [3.63, 3.8) is 0 Å². The number of pyridine rings is 1. The number of methoxy groups -OCH3 is 1. The van der Waals surface area contributed by atoms with Crippen molar-refractivity contribution in [1.82, 2.24) is 4.98 Å². The van der Waals surface area contributed by atoms with Crippen LogP contribution < -0.4 is 10.1 Å². The number of hydrogen-bond acceptors (Lipinski definition) is 3. The van der Waals surface area contributed by atoms with Crippen LogP contribution in [0.15, 0.2) is 71.2 Å². The second-order valence-corrected chi connectivity index (χ2v) is 8.22. The van der Waals surface area contributed by atoms with Gasteiger partial charge in [-0.1, -0.05) is 39.7 Å². The number of amides is 1. The smallest absolute Gasteiger partial charge is 0.256 e. The van der Waals surface area contributed by atoms with Crippen molar-refractivity contribution in [2.24, 2.45) is 0 Å². The van der Waals surface area contributed by atoms with Gasteiger partial charge >= 0.3 is 0 Å². The maximum atomic E-state index is 13.2. The van der Waals surface area contributed by atoms with Gasteiger partial charge in [-0.05, 0) is 67.1 Å². The quantitative estimate of drug-likeness (QED) is 0.345. The standard InChI is InChI=1S/C24H18BrClN2O2/c1-14-11-16(25)12-20-21(24(29)27-18-7-9-19(30-2)10-8-18)13-22(28-23(14)20)15-3-5-17(26)6-4-15/h3-13H,1-2H3,(H,27,29). The zero-order chi connectivity index (χ0) is 21.3. The van der Waals surface area contributed by atoms with Crippen molar-refractivity contribution in [3.05, 3.63) is 87.4 Å². The third kappa shape index (κ3) is 4.18. The molecule has 0 fully saturated rings. The fraction of sp³-hybridized carbons (Fsp3) is 0.0833. The van der Waals surface area contributed by atoms with Crippen LogP contribution in [0.2, 0.25) is 5.02 Å². The van der Waals surface area contributed by atoms with Crippen LogP contribution in [-0.2, 0) is 0 Å². The third-order valence-electron chi connectivity index (χ3n) is 4.80. The molecule has 0 saturated carbocycles. The number of aryl methyl sites for hydroxylation is 1. The number of rotatable bonds is 4. The number of halogens is 2. The molecule has 4 nitrogen and oxygen atoms in total. The van der Waals surface area contributed by atoms with Crippen LogP contribution in [0.3, 0.4) is 0 Å².